The largest absolute Gasteiger partial charge is 0.380 e. The van der Waals surface area contributed by atoms with Crippen LogP contribution in [0.4, 0.5) is 0 Å². The molecule has 0 rings (SSSR count). The Morgan fingerprint density at radius 3 is 1.59 bits per heavy atom. The summed E-state index contributed by atoms with van der Waals surface area (Å²) in [7, 11) is -1.34. The van der Waals surface area contributed by atoms with E-state index in [1.165, 1.54) is 77.0 Å². The highest BCUT2D eigenvalue weighted by atomic mass is 28.3. The average molecular weight is 391 g/mol. The summed E-state index contributed by atoms with van der Waals surface area (Å²) in [6.45, 7) is 8.92. The first-order valence-corrected chi connectivity index (χ1v) is 15.1. The lowest BCUT2D eigenvalue weighted by Crippen LogP contribution is -2.17. The molecule has 1 nitrogen and oxygen atoms in total. The van der Waals surface area contributed by atoms with Gasteiger partial charge < -0.3 is 5.11 Å². The van der Waals surface area contributed by atoms with Gasteiger partial charge in [0, 0.05) is 12.8 Å². The molecule has 0 aliphatic heterocycles. The summed E-state index contributed by atoms with van der Waals surface area (Å²) >= 11 is 0. The van der Waals surface area contributed by atoms with Gasteiger partial charge in [-0.25, -0.2) is 0 Å². The average Bonchev–Trinajstić information content (AvgIpc) is 2.62. The van der Waals surface area contributed by atoms with Gasteiger partial charge in [-0.3, -0.25) is 0 Å². The highest BCUT2D eigenvalue weighted by molar-refractivity contribution is 6.83. The Hall–Kier alpha value is -0.703. The second-order valence-corrected chi connectivity index (χ2v) is 13.7. The first-order chi connectivity index (χ1) is 13.0. The van der Waals surface area contributed by atoms with Crippen LogP contribution in [-0.2, 0) is 0 Å². The number of aliphatic hydroxyl groups is 1. The molecule has 1 atom stereocenters. The van der Waals surface area contributed by atoms with E-state index in [0.29, 0.717) is 0 Å². The molecule has 0 unspecified atom stereocenters. The van der Waals surface area contributed by atoms with E-state index >= 15 is 0 Å². The zero-order valence-corrected chi connectivity index (χ0v) is 19.8. The van der Waals surface area contributed by atoms with E-state index in [-0.39, 0.29) is 0 Å². The minimum absolute atomic E-state index is 0.411. The van der Waals surface area contributed by atoms with Crippen molar-refractivity contribution in [3.8, 4) is 23.3 Å². The fraction of sp³-hybridized carbons (Fsp3) is 0.840. The maximum absolute atomic E-state index is 9.87. The Labute approximate surface area is 172 Å². The number of rotatable bonds is 15. The van der Waals surface area contributed by atoms with E-state index in [1.54, 1.807) is 0 Å². The Morgan fingerprint density at radius 2 is 1.11 bits per heavy atom. The normalized spacial score (nSPS) is 12.0. The van der Waals surface area contributed by atoms with E-state index in [0.717, 1.165) is 25.7 Å². The summed E-state index contributed by atoms with van der Waals surface area (Å²) in [5, 5.41) is 9.87. The Morgan fingerprint density at radius 1 is 0.667 bits per heavy atom. The SMILES string of the molecule is CCCCCCCCC#CCCCCCCCCC[C@@H](O)C#C[Si](C)(C)C. The minimum atomic E-state index is -1.34. The highest BCUT2D eigenvalue weighted by Crippen LogP contribution is 2.11. The summed E-state index contributed by atoms with van der Waals surface area (Å²) in [6.07, 6.45) is 19.6. The summed E-state index contributed by atoms with van der Waals surface area (Å²) in [5.74, 6) is 9.72. The first-order valence-electron chi connectivity index (χ1n) is 11.6. The fourth-order valence-corrected chi connectivity index (χ4v) is 3.58. The number of aliphatic hydroxyl groups excluding tert-OH is 1. The van der Waals surface area contributed by atoms with Crippen LogP contribution in [0.5, 0.6) is 0 Å². The molecular formula is C25H46OSi. The molecule has 0 amide bonds. The Bertz CT molecular complexity index is 441. The van der Waals surface area contributed by atoms with Crippen LogP contribution in [-0.4, -0.2) is 19.3 Å². The standard InChI is InChI=1S/C25H46OSi/c1-5-6-7-8-9-10-11-12-13-14-15-16-17-18-19-20-21-22-25(26)23-24-27(2,3)4/h25-26H,5-11,14-22H2,1-4H3/t25-/m1/s1. The molecule has 156 valence electrons. The Balaban J connectivity index is 3.32. The van der Waals surface area contributed by atoms with Gasteiger partial charge in [0.15, 0.2) is 0 Å². The zero-order valence-electron chi connectivity index (χ0n) is 18.8. The molecule has 0 saturated carbocycles. The van der Waals surface area contributed by atoms with Gasteiger partial charge >= 0.3 is 0 Å². The van der Waals surface area contributed by atoms with Crippen LogP contribution in [0.3, 0.4) is 0 Å². The predicted octanol–water partition coefficient (Wildman–Crippen LogP) is 7.49. The van der Waals surface area contributed by atoms with Crippen LogP contribution in [0.2, 0.25) is 19.6 Å². The molecule has 0 spiro atoms. The van der Waals surface area contributed by atoms with Crippen LogP contribution in [0.25, 0.3) is 0 Å². The second-order valence-electron chi connectivity index (χ2n) is 8.92. The third-order valence-corrected chi connectivity index (χ3v) is 5.57. The van der Waals surface area contributed by atoms with Gasteiger partial charge in [-0.2, -0.15) is 0 Å². The van der Waals surface area contributed by atoms with Gasteiger partial charge in [0.25, 0.3) is 0 Å². The van der Waals surface area contributed by atoms with Crippen molar-refractivity contribution in [3.05, 3.63) is 0 Å². The van der Waals surface area contributed by atoms with E-state index in [1.807, 2.05) is 0 Å². The van der Waals surface area contributed by atoms with Crippen LogP contribution in [0, 0.1) is 23.3 Å². The Kier molecular flexibility index (Phi) is 18.2. The monoisotopic (exact) mass is 390 g/mol. The van der Waals surface area contributed by atoms with Gasteiger partial charge in [-0.15, -0.1) is 17.4 Å². The minimum Gasteiger partial charge on any atom is -0.380 e. The van der Waals surface area contributed by atoms with Crippen LogP contribution in [0.15, 0.2) is 0 Å². The van der Waals surface area contributed by atoms with E-state index < -0.39 is 14.2 Å². The smallest absolute Gasteiger partial charge is 0.129 e. The van der Waals surface area contributed by atoms with Gasteiger partial charge in [-0.05, 0) is 25.7 Å². The second kappa shape index (κ2) is 18.7. The number of unbranched alkanes of at least 4 members (excludes halogenated alkanes) is 13. The quantitative estimate of drug-likeness (QED) is 0.174. The van der Waals surface area contributed by atoms with Crippen molar-refractivity contribution >= 4 is 8.07 Å². The highest BCUT2D eigenvalue weighted by Gasteiger charge is 2.08. The molecule has 0 aliphatic rings. The third-order valence-electron chi connectivity index (χ3n) is 4.67. The molecule has 0 aromatic carbocycles. The van der Waals surface area contributed by atoms with E-state index in [2.05, 4.69) is 49.9 Å². The molecule has 0 radical (unpaired) electrons. The summed E-state index contributed by atoms with van der Waals surface area (Å²) in [6, 6.07) is 0. The molecule has 0 fully saturated rings. The van der Waals surface area contributed by atoms with Crippen molar-refractivity contribution in [2.75, 3.05) is 0 Å². The predicted molar refractivity (Wildman–Crippen MR) is 124 cm³/mol. The lowest BCUT2D eigenvalue weighted by Gasteiger charge is -2.07. The van der Waals surface area contributed by atoms with Crippen molar-refractivity contribution in [2.45, 2.75) is 135 Å². The molecule has 0 bridgehead atoms. The van der Waals surface area contributed by atoms with Gasteiger partial charge in [0.05, 0.1) is 0 Å². The third kappa shape index (κ3) is 23.3. The fourth-order valence-electron chi connectivity index (χ4n) is 2.98. The summed E-state index contributed by atoms with van der Waals surface area (Å²) in [5.41, 5.74) is 3.26. The van der Waals surface area contributed by atoms with Crippen LogP contribution < -0.4 is 0 Å². The van der Waals surface area contributed by atoms with Gasteiger partial charge in [-0.1, -0.05) is 96.7 Å². The topological polar surface area (TPSA) is 20.2 Å². The van der Waals surface area contributed by atoms with Crippen LogP contribution >= 0.6 is 0 Å². The maximum atomic E-state index is 9.87. The van der Waals surface area contributed by atoms with Crippen molar-refractivity contribution < 1.29 is 5.11 Å². The maximum Gasteiger partial charge on any atom is 0.129 e. The van der Waals surface area contributed by atoms with E-state index in [4.69, 9.17) is 0 Å². The van der Waals surface area contributed by atoms with Crippen LogP contribution in [0.1, 0.15) is 110 Å². The first kappa shape index (κ1) is 26.3. The molecule has 0 aliphatic carbocycles. The molecule has 0 saturated heterocycles. The zero-order chi connectivity index (χ0) is 20.2. The molecule has 0 aromatic rings. The number of hydrogen-bond acceptors (Lipinski definition) is 1. The molecule has 0 heterocycles. The molecule has 27 heavy (non-hydrogen) atoms. The summed E-state index contributed by atoms with van der Waals surface area (Å²) in [4.78, 5) is 0. The molecule has 1 N–H and O–H groups in total. The van der Waals surface area contributed by atoms with Crippen molar-refractivity contribution in [3.63, 3.8) is 0 Å². The van der Waals surface area contributed by atoms with Gasteiger partial charge in [0.1, 0.15) is 14.2 Å². The molecular weight excluding hydrogens is 344 g/mol. The lowest BCUT2D eigenvalue weighted by molar-refractivity contribution is 0.217. The van der Waals surface area contributed by atoms with E-state index in [9.17, 15) is 5.11 Å². The molecule has 0 aromatic heterocycles. The number of hydrogen-bond donors (Lipinski definition) is 1. The summed E-state index contributed by atoms with van der Waals surface area (Å²) < 4.78 is 0. The van der Waals surface area contributed by atoms with Crippen molar-refractivity contribution in [1.82, 2.24) is 0 Å². The van der Waals surface area contributed by atoms with Crippen molar-refractivity contribution in [2.24, 2.45) is 0 Å². The lowest BCUT2D eigenvalue weighted by atomic mass is 10.1. The van der Waals surface area contributed by atoms with Gasteiger partial charge in [0.2, 0.25) is 0 Å². The van der Waals surface area contributed by atoms with Crippen molar-refractivity contribution in [1.29, 1.82) is 0 Å². The molecule has 2 heteroatoms.